The van der Waals surface area contributed by atoms with Gasteiger partial charge < -0.3 is 31.8 Å². The standard InChI is InChI=1S/C47H35N3.C46H34N4.C42H32N4OSi2/c1-46(2)34-15-6-8-21-41(34)50-42-26-28(22-24-31(42)33-14-10-17-37(46)45(33)50)38-18-11-19-39(48-38)29-23-25-35-43(27-29)49-40-20-7-5-12-30(40)32-13-9-16-36(44(32)49)47(35,3)4;1-45(2)33-23-22-27(26-41(33)49-39-20-7-5-12-28(39)30-14-9-17-34(45)42(30)49)37-24-25-38(48-47-37)32-16-11-19-36-44(32)50-40-21-8-6-13-29(40)31-15-10-18-35(43(31)50)46(36,3)4;1-48(2)35-21-19-25(23-33(35)45-31-15-7-5-11-27(31)29-13-9-17-37(48)39(29)45)41-43-44-42(47-41)26-20-22-36-34(24-26)46-32-16-8-6-12-28(32)30-14-10-18-38(40(30)46)49(36,3)4/h5-27H,1-4H3;5-26H,1-4H3;5-24H,1-4H3. The molecule has 15 heterocycles. The number of pyridine rings is 1. The zero-order valence-electron chi connectivity index (χ0n) is 84.9. The van der Waals surface area contributed by atoms with Crippen LogP contribution in [0, 0.1) is 0 Å². The third-order valence-electron chi connectivity index (χ3n) is 35.2. The van der Waals surface area contributed by atoms with Crippen LogP contribution in [0.15, 0.2) is 399 Å². The number of hydrogen-bond acceptors (Lipinski definition) is 6. The lowest BCUT2D eigenvalue weighted by Gasteiger charge is -2.35. The molecule has 0 amide bonds. The van der Waals surface area contributed by atoms with Gasteiger partial charge in [-0.25, -0.2) is 4.98 Å². The lowest BCUT2D eigenvalue weighted by Crippen LogP contribution is -2.57. The molecule has 0 spiro atoms. The Balaban J connectivity index is 0.000000101. The van der Waals surface area contributed by atoms with Gasteiger partial charge in [0, 0.05) is 131 Å². The number of aromatic nitrogens is 11. The molecule has 6 aliphatic heterocycles. The van der Waals surface area contributed by atoms with Crippen molar-refractivity contribution in [2.75, 3.05) is 0 Å². The first-order valence-corrected chi connectivity index (χ1v) is 58.2. The Morgan fingerprint density at radius 3 is 0.966 bits per heavy atom. The molecule has 9 aromatic heterocycles. The summed E-state index contributed by atoms with van der Waals surface area (Å²) in [4.78, 5) is 5.34. The van der Waals surface area contributed by atoms with Crippen LogP contribution in [0.3, 0.4) is 0 Å². The van der Waals surface area contributed by atoms with Crippen LogP contribution in [-0.2, 0) is 21.7 Å². The Morgan fingerprint density at radius 1 is 0.201 bits per heavy atom. The van der Waals surface area contributed by atoms with E-state index in [1.54, 1.807) is 0 Å². The molecule has 0 unspecified atom stereocenters. The van der Waals surface area contributed by atoms with Gasteiger partial charge in [0.1, 0.15) is 16.1 Å². The SMILES string of the molecule is CC1(C)c2ccc(-c3ccc(-c4cccc5c4-n4c6ccccc6c6cccc(c64)C5(C)C)nn3)cc2-n2c3ccccc3c3cccc1c32.CC1(C)c2ccc(-c3cccc(-c4ccc5c6cccc7c6n(c5c4)-c4ccccc4C7(C)C)n3)cc2-n2c3ccccc3c3cccc1c32.C[Si]1(C)c2ccc(-c3nnc(-c4ccc5c(c4)-n4c6ccccc6c6cccc(c64)[Si]5(C)C)o3)cc2-n2c3ccccc3c3cccc1c32. The molecule has 18 aromatic carbocycles. The molecule has 149 heavy (non-hydrogen) atoms. The van der Waals surface area contributed by atoms with Gasteiger partial charge in [0.2, 0.25) is 11.8 Å². The molecule has 0 bridgehead atoms. The summed E-state index contributed by atoms with van der Waals surface area (Å²) in [6.07, 6.45) is 0. The highest BCUT2D eigenvalue weighted by molar-refractivity contribution is 7.03. The van der Waals surface area contributed by atoms with Gasteiger partial charge in [-0.3, -0.25) is 0 Å². The van der Waals surface area contributed by atoms with Crippen molar-refractivity contribution < 1.29 is 4.42 Å². The first-order valence-electron chi connectivity index (χ1n) is 52.2. The van der Waals surface area contributed by atoms with E-state index >= 15 is 0 Å². The van der Waals surface area contributed by atoms with E-state index in [1.165, 1.54) is 230 Å². The lowest BCUT2D eigenvalue weighted by molar-refractivity contribution is 0.584. The number of nitrogens with zero attached hydrogens (tertiary/aromatic N) is 11. The minimum atomic E-state index is -1.97. The van der Waals surface area contributed by atoms with Crippen LogP contribution < -0.4 is 20.7 Å². The maximum Gasteiger partial charge on any atom is 0.248 e. The van der Waals surface area contributed by atoms with Crippen molar-refractivity contribution in [2.45, 2.75) is 103 Å². The van der Waals surface area contributed by atoms with Crippen LogP contribution in [0.5, 0.6) is 0 Å². The van der Waals surface area contributed by atoms with Gasteiger partial charge in [0.15, 0.2) is 0 Å². The summed E-state index contributed by atoms with van der Waals surface area (Å²) in [5, 5.41) is 40.5. The Morgan fingerprint density at radius 2 is 0.510 bits per heavy atom. The fourth-order valence-corrected chi connectivity index (χ4v) is 33.7. The predicted molar refractivity (Wildman–Crippen MR) is 621 cm³/mol. The normalized spacial score (nSPS) is 15.2. The zero-order valence-corrected chi connectivity index (χ0v) is 86.9. The molecule has 0 aliphatic carbocycles. The van der Waals surface area contributed by atoms with Crippen LogP contribution in [0.1, 0.15) is 99.9 Å². The van der Waals surface area contributed by atoms with E-state index < -0.39 is 16.1 Å². The van der Waals surface area contributed by atoms with Crippen molar-refractivity contribution in [2.24, 2.45) is 0 Å². The zero-order chi connectivity index (χ0) is 99.8. The minimum Gasteiger partial charge on any atom is -0.416 e. The van der Waals surface area contributed by atoms with Gasteiger partial charge in [0.25, 0.3) is 0 Å². The molecular weight excluding hydrogens is 1850 g/mol. The summed E-state index contributed by atoms with van der Waals surface area (Å²) in [5.74, 6) is 1.07. The second kappa shape index (κ2) is 30.2. The lowest BCUT2D eigenvalue weighted by atomic mass is 9.74. The maximum absolute atomic E-state index is 6.55. The Kier molecular flexibility index (Phi) is 17.4. The first kappa shape index (κ1) is 85.9. The van der Waals surface area contributed by atoms with E-state index in [9.17, 15) is 0 Å². The highest BCUT2D eigenvalue weighted by Crippen LogP contribution is 2.56. The Hall–Kier alpha value is -17.4. The van der Waals surface area contributed by atoms with E-state index in [1.807, 2.05) is 0 Å². The van der Waals surface area contributed by atoms with Crippen LogP contribution >= 0.6 is 0 Å². The molecule has 0 N–H and O–H groups in total. The molecule has 14 heteroatoms. The molecule has 0 saturated heterocycles. The molecular formula is C135H101N11OSi2. The van der Waals surface area contributed by atoms with Crippen molar-refractivity contribution in [3.63, 3.8) is 0 Å². The van der Waals surface area contributed by atoms with Crippen molar-refractivity contribution >= 4 is 168 Å². The smallest absolute Gasteiger partial charge is 0.248 e. The monoisotopic (exact) mass is 1950 g/mol. The van der Waals surface area contributed by atoms with Crippen LogP contribution in [0.2, 0.25) is 26.2 Å². The Bertz CT molecular complexity index is 10500. The summed E-state index contributed by atoms with van der Waals surface area (Å²) >= 11 is 0. The molecule has 6 aliphatic rings. The van der Waals surface area contributed by atoms with Crippen LogP contribution in [-0.4, -0.2) is 68.9 Å². The third-order valence-corrected chi connectivity index (χ3v) is 42.2. The molecule has 27 aromatic rings. The predicted octanol–water partition coefficient (Wildman–Crippen LogP) is 31.0. The summed E-state index contributed by atoms with van der Waals surface area (Å²) < 4.78 is 21.4. The number of benzene rings is 18. The number of fused-ring (bicyclic) bond motifs is 30. The second-order valence-corrected chi connectivity index (χ2v) is 53.7. The summed E-state index contributed by atoms with van der Waals surface area (Å²) in [5.41, 5.74) is 42.8. The fraction of sp³-hybridized carbons (Fsp3) is 0.119. The summed E-state index contributed by atoms with van der Waals surface area (Å²) in [6, 6.07) is 145. The van der Waals surface area contributed by atoms with Gasteiger partial charge in [-0.2, -0.15) is 0 Å². The van der Waals surface area contributed by atoms with Crippen molar-refractivity contribution in [3.8, 4) is 102 Å². The van der Waals surface area contributed by atoms with E-state index in [0.717, 1.165) is 56.2 Å². The number of para-hydroxylation sites is 13. The minimum absolute atomic E-state index is 0.0793. The fourth-order valence-electron chi connectivity index (χ4n) is 27.8. The molecule has 0 atom stereocenters. The molecule has 33 rings (SSSR count). The van der Waals surface area contributed by atoms with Crippen molar-refractivity contribution in [1.82, 2.24) is 52.8 Å². The van der Waals surface area contributed by atoms with Gasteiger partial charge in [0.05, 0.1) is 112 Å². The van der Waals surface area contributed by atoms with Crippen LogP contribution in [0.25, 0.3) is 233 Å². The molecule has 12 nitrogen and oxygen atoms in total. The maximum atomic E-state index is 6.55. The van der Waals surface area contributed by atoms with Crippen molar-refractivity contribution in [1.29, 1.82) is 0 Å². The number of hydrogen-bond donors (Lipinski definition) is 0. The van der Waals surface area contributed by atoms with Crippen LogP contribution in [0.4, 0.5) is 0 Å². The summed E-state index contributed by atoms with van der Waals surface area (Å²) in [6.45, 7) is 28.7. The van der Waals surface area contributed by atoms with Crippen molar-refractivity contribution in [3.05, 3.63) is 439 Å². The van der Waals surface area contributed by atoms with Gasteiger partial charge >= 0.3 is 0 Å². The average Bonchev–Trinajstić information content (AvgIpc) is 1.59. The first-order chi connectivity index (χ1) is 72.5. The second-order valence-electron chi connectivity index (χ2n) is 45.1. The Labute approximate surface area is 862 Å². The average molecular weight is 1950 g/mol. The topological polar surface area (TPSA) is 107 Å². The third kappa shape index (κ3) is 11.5. The number of rotatable bonds is 6. The van der Waals surface area contributed by atoms with E-state index in [-0.39, 0.29) is 21.7 Å². The quantitative estimate of drug-likeness (QED) is 0.154. The van der Waals surface area contributed by atoms with Gasteiger partial charge in [-0.15, -0.1) is 20.4 Å². The highest BCUT2D eigenvalue weighted by atomic mass is 28.3. The molecule has 0 fully saturated rings. The molecule has 0 saturated carbocycles. The largest absolute Gasteiger partial charge is 0.416 e. The van der Waals surface area contributed by atoms with E-state index in [4.69, 9.17) is 19.6 Å². The highest BCUT2D eigenvalue weighted by Gasteiger charge is 2.45. The van der Waals surface area contributed by atoms with Gasteiger partial charge in [-0.1, -0.05) is 373 Å². The molecule has 710 valence electrons. The molecule has 0 radical (unpaired) electrons. The summed E-state index contributed by atoms with van der Waals surface area (Å²) in [7, 11) is -3.94. The van der Waals surface area contributed by atoms with E-state index in [2.05, 4.69) is 513 Å². The van der Waals surface area contributed by atoms with E-state index in [0.29, 0.717) is 11.8 Å². The van der Waals surface area contributed by atoms with Gasteiger partial charge in [-0.05, 0) is 168 Å².